The van der Waals surface area contributed by atoms with Crippen LogP contribution in [-0.4, -0.2) is 20.8 Å². The molecule has 0 fully saturated rings. The summed E-state index contributed by atoms with van der Waals surface area (Å²) in [6, 6.07) is 0.284. The predicted octanol–water partition coefficient (Wildman–Crippen LogP) is 1.60. The second kappa shape index (κ2) is 5.85. The molecule has 0 spiro atoms. The van der Waals surface area contributed by atoms with Crippen molar-refractivity contribution in [2.75, 3.05) is 0 Å². The molecule has 0 aliphatic carbocycles. The lowest BCUT2D eigenvalue weighted by Gasteiger charge is -2.09. The third-order valence-corrected chi connectivity index (χ3v) is 2.32. The number of nitrogens with zero attached hydrogens (tertiary/aromatic N) is 3. The minimum Gasteiger partial charge on any atom is -0.328 e. The molecular formula is C11H22N4. The molecule has 0 aliphatic heterocycles. The van der Waals surface area contributed by atoms with Crippen molar-refractivity contribution >= 4 is 0 Å². The molecule has 0 aliphatic rings. The lowest BCUT2D eigenvalue weighted by atomic mass is 10.1. The second-order valence-electron chi connectivity index (χ2n) is 4.66. The summed E-state index contributed by atoms with van der Waals surface area (Å²) in [4.78, 5) is 0. The van der Waals surface area contributed by atoms with Gasteiger partial charge in [0, 0.05) is 19.0 Å². The van der Waals surface area contributed by atoms with Crippen LogP contribution in [-0.2, 0) is 13.0 Å². The third-order valence-electron chi connectivity index (χ3n) is 2.32. The van der Waals surface area contributed by atoms with Crippen molar-refractivity contribution < 1.29 is 0 Å². The van der Waals surface area contributed by atoms with Crippen molar-refractivity contribution in [2.45, 2.75) is 52.6 Å². The Labute approximate surface area is 91.9 Å². The molecular weight excluding hydrogens is 188 g/mol. The van der Waals surface area contributed by atoms with Gasteiger partial charge in [0.15, 0.2) is 0 Å². The summed E-state index contributed by atoms with van der Waals surface area (Å²) in [5.41, 5.74) is 5.71. The fourth-order valence-corrected chi connectivity index (χ4v) is 1.60. The molecule has 1 heterocycles. The molecule has 86 valence electrons. The zero-order chi connectivity index (χ0) is 11.3. The van der Waals surface area contributed by atoms with E-state index in [1.165, 1.54) is 0 Å². The Morgan fingerprint density at radius 3 is 2.73 bits per heavy atom. The van der Waals surface area contributed by atoms with Crippen LogP contribution in [0.4, 0.5) is 0 Å². The van der Waals surface area contributed by atoms with Gasteiger partial charge in [0.2, 0.25) is 0 Å². The van der Waals surface area contributed by atoms with Gasteiger partial charge in [0.05, 0.1) is 0 Å². The maximum Gasteiger partial charge on any atom is 0.132 e. The minimum absolute atomic E-state index is 0.284. The molecule has 1 aromatic rings. The Balaban J connectivity index is 2.43. The lowest BCUT2D eigenvalue weighted by Crippen LogP contribution is -2.15. The first-order valence-electron chi connectivity index (χ1n) is 5.72. The number of rotatable bonds is 6. The summed E-state index contributed by atoms with van der Waals surface area (Å²) in [6.07, 6.45) is 4.94. The number of hydrogen-bond acceptors (Lipinski definition) is 3. The van der Waals surface area contributed by atoms with E-state index in [0.29, 0.717) is 5.92 Å². The summed E-state index contributed by atoms with van der Waals surface area (Å²) >= 11 is 0. The van der Waals surface area contributed by atoms with Gasteiger partial charge in [-0.25, -0.2) is 0 Å². The van der Waals surface area contributed by atoms with Crippen LogP contribution in [0.3, 0.4) is 0 Å². The second-order valence-corrected chi connectivity index (χ2v) is 4.66. The molecule has 1 atom stereocenters. The maximum absolute atomic E-state index is 5.71. The molecule has 1 rings (SSSR count). The van der Waals surface area contributed by atoms with Gasteiger partial charge in [0.1, 0.15) is 12.2 Å². The van der Waals surface area contributed by atoms with Crippen LogP contribution >= 0.6 is 0 Å². The van der Waals surface area contributed by atoms with Crippen LogP contribution in [0, 0.1) is 5.92 Å². The van der Waals surface area contributed by atoms with Crippen LogP contribution in [0.25, 0.3) is 0 Å². The average Bonchev–Trinajstić information content (AvgIpc) is 2.51. The van der Waals surface area contributed by atoms with Crippen LogP contribution in [0.15, 0.2) is 6.33 Å². The molecule has 4 nitrogen and oxygen atoms in total. The van der Waals surface area contributed by atoms with Crippen LogP contribution in [0.2, 0.25) is 0 Å². The Bertz CT molecular complexity index is 278. The van der Waals surface area contributed by atoms with E-state index in [-0.39, 0.29) is 6.04 Å². The minimum atomic E-state index is 0.284. The van der Waals surface area contributed by atoms with E-state index in [4.69, 9.17) is 5.73 Å². The maximum atomic E-state index is 5.71. The van der Waals surface area contributed by atoms with Gasteiger partial charge < -0.3 is 10.3 Å². The smallest absolute Gasteiger partial charge is 0.132 e. The molecule has 0 amide bonds. The van der Waals surface area contributed by atoms with E-state index in [1.807, 2.05) is 13.3 Å². The van der Waals surface area contributed by atoms with Crippen molar-refractivity contribution in [1.29, 1.82) is 0 Å². The molecule has 0 saturated heterocycles. The standard InChI is InChI=1S/C11H22N4/c1-9(2)7-15-8-13-14-11(15)6-4-5-10(3)12/h8-10H,4-7,12H2,1-3H3. The predicted molar refractivity (Wildman–Crippen MR) is 61.4 cm³/mol. The summed E-state index contributed by atoms with van der Waals surface area (Å²) in [5, 5.41) is 8.09. The lowest BCUT2D eigenvalue weighted by molar-refractivity contribution is 0.498. The highest BCUT2D eigenvalue weighted by Gasteiger charge is 2.06. The van der Waals surface area contributed by atoms with Crippen LogP contribution in [0.1, 0.15) is 39.4 Å². The first kappa shape index (κ1) is 12.2. The molecule has 2 N–H and O–H groups in total. The van der Waals surface area contributed by atoms with Crippen molar-refractivity contribution in [3.8, 4) is 0 Å². The van der Waals surface area contributed by atoms with Crippen molar-refractivity contribution in [3.05, 3.63) is 12.2 Å². The van der Waals surface area contributed by atoms with Gasteiger partial charge in [-0.05, 0) is 25.7 Å². The van der Waals surface area contributed by atoms with E-state index in [9.17, 15) is 0 Å². The summed E-state index contributed by atoms with van der Waals surface area (Å²) in [5.74, 6) is 1.72. The average molecular weight is 210 g/mol. The zero-order valence-corrected chi connectivity index (χ0v) is 9.98. The Morgan fingerprint density at radius 2 is 2.13 bits per heavy atom. The SMILES string of the molecule is CC(C)Cn1cnnc1CCCC(C)N. The van der Waals surface area contributed by atoms with E-state index < -0.39 is 0 Å². The number of hydrogen-bond donors (Lipinski definition) is 1. The molecule has 0 aromatic carbocycles. The highest BCUT2D eigenvalue weighted by atomic mass is 15.3. The highest BCUT2D eigenvalue weighted by molar-refractivity contribution is 4.86. The van der Waals surface area contributed by atoms with Gasteiger partial charge in [0.25, 0.3) is 0 Å². The summed E-state index contributed by atoms with van der Waals surface area (Å²) in [7, 11) is 0. The third kappa shape index (κ3) is 4.42. The largest absolute Gasteiger partial charge is 0.328 e. The highest BCUT2D eigenvalue weighted by Crippen LogP contribution is 2.06. The van der Waals surface area contributed by atoms with Crippen LogP contribution < -0.4 is 5.73 Å². The number of aromatic nitrogens is 3. The Morgan fingerprint density at radius 1 is 1.40 bits per heavy atom. The van der Waals surface area contributed by atoms with Gasteiger partial charge in [-0.3, -0.25) is 0 Å². The van der Waals surface area contributed by atoms with Gasteiger partial charge >= 0.3 is 0 Å². The Hall–Kier alpha value is -0.900. The summed E-state index contributed by atoms with van der Waals surface area (Å²) < 4.78 is 2.14. The summed E-state index contributed by atoms with van der Waals surface area (Å²) in [6.45, 7) is 7.44. The van der Waals surface area contributed by atoms with Crippen molar-refractivity contribution in [1.82, 2.24) is 14.8 Å². The molecule has 0 bridgehead atoms. The fraction of sp³-hybridized carbons (Fsp3) is 0.818. The molecule has 0 radical (unpaired) electrons. The Kier molecular flexibility index (Phi) is 4.75. The van der Waals surface area contributed by atoms with Gasteiger partial charge in [-0.1, -0.05) is 13.8 Å². The molecule has 15 heavy (non-hydrogen) atoms. The quantitative estimate of drug-likeness (QED) is 0.776. The first-order chi connectivity index (χ1) is 7.09. The number of nitrogens with two attached hydrogens (primary N) is 1. The van der Waals surface area contributed by atoms with E-state index in [2.05, 4.69) is 28.6 Å². The van der Waals surface area contributed by atoms with E-state index in [1.54, 1.807) is 0 Å². The van der Waals surface area contributed by atoms with Gasteiger partial charge in [-0.15, -0.1) is 10.2 Å². The molecule has 1 unspecified atom stereocenters. The van der Waals surface area contributed by atoms with Crippen molar-refractivity contribution in [3.63, 3.8) is 0 Å². The van der Waals surface area contributed by atoms with E-state index >= 15 is 0 Å². The first-order valence-corrected chi connectivity index (χ1v) is 5.72. The topological polar surface area (TPSA) is 56.7 Å². The molecule has 0 saturated carbocycles. The molecule has 4 heteroatoms. The normalized spacial score (nSPS) is 13.4. The number of aryl methyl sites for hydroxylation is 1. The van der Waals surface area contributed by atoms with E-state index in [0.717, 1.165) is 31.6 Å². The monoisotopic (exact) mass is 210 g/mol. The fourth-order valence-electron chi connectivity index (χ4n) is 1.60. The molecule has 1 aromatic heterocycles. The zero-order valence-electron chi connectivity index (χ0n) is 9.98. The van der Waals surface area contributed by atoms with Gasteiger partial charge in [-0.2, -0.15) is 0 Å². The van der Waals surface area contributed by atoms with Crippen LogP contribution in [0.5, 0.6) is 0 Å². The van der Waals surface area contributed by atoms with Crippen molar-refractivity contribution in [2.24, 2.45) is 11.7 Å².